The molecule has 0 saturated heterocycles. The zero-order chi connectivity index (χ0) is 11.2. The van der Waals surface area contributed by atoms with Gasteiger partial charge in [-0.1, -0.05) is 13.8 Å². The van der Waals surface area contributed by atoms with Crippen LogP contribution >= 0.6 is 0 Å². The van der Waals surface area contributed by atoms with Crippen molar-refractivity contribution in [3.63, 3.8) is 0 Å². The van der Waals surface area contributed by atoms with Gasteiger partial charge in [0.1, 0.15) is 0 Å². The Labute approximate surface area is 83.5 Å². The van der Waals surface area contributed by atoms with E-state index in [4.69, 9.17) is 0 Å². The Morgan fingerprint density at radius 1 is 1.29 bits per heavy atom. The summed E-state index contributed by atoms with van der Waals surface area (Å²) in [5, 5.41) is 3.09. The molecule has 0 bridgehead atoms. The molecule has 0 aliphatic carbocycles. The molecule has 0 aliphatic rings. The van der Waals surface area contributed by atoms with Crippen molar-refractivity contribution >= 4 is 0 Å². The summed E-state index contributed by atoms with van der Waals surface area (Å²) in [4.78, 5) is 1.40. The van der Waals surface area contributed by atoms with E-state index in [1.54, 1.807) is 6.92 Å². The predicted octanol–water partition coefficient (Wildman–Crippen LogP) is 1.87. The Morgan fingerprint density at radius 2 is 1.86 bits per heavy atom. The van der Waals surface area contributed by atoms with Crippen LogP contribution in [0.3, 0.4) is 0 Å². The molecule has 0 spiro atoms. The van der Waals surface area contributed by atoms with Crippen molar-refractivity contribution in [3.8, 4) is 0 Å². The smallest absolute Gasteiger partial charge is 0.313 e. The van der Waals surface area contributed by atoms with E-state index in [0.717, 1.165) is 6.54 Å². The molecule has 1 N–H and O–H groups in total. The third-order valence-electron chi connectivity index (χ3n) is 1.93. The summed E-state index contributed by atoms with van der Waals surface area (Å²) in [6.07, 6.45) is -4.10. The second kappa shape index (κ2) is 6.24. The van der Waals surface area contributed by atoms with Gasteiger partial charge in [-0.2, -0.15) is 13.2 Å². The van der Waals surface area contributed by atoms with Crippen molar-refractivity contribution in [2.24, 2.45) is 0 Å². The van der Waals surface area contributed by atoms with Crippen LogP contribution in [0.4, 0.5) is 13.2 Å². The minimum Gasteiger partial charge on any atom is -0.313 e. The summed E-state index contributed by atoms with van der Waals surface area (Å²) < 4.78 is 36.2. The van der Waals surface area contributed by atoms with Gasteiger partial charge in [-0.05, 0) is 20.0 Å². The number of hydrogen-bond donors (Lipinski definition) is 1. The fourth-order valence-corrected chi connectivity index (χ4v) is 1.36. The van der Waals surface area contributed by atoms with E-state index in [9.17, 15) is 13.2 Å². The van der Waals surface area contributed by atoms with Crippen LogP contribution < -0.4 is 5.32 Å². The lowest BCUT2D eigenvalue weighted by atomic mass is 10.3. The molecule has 86 valence electrons. The molecule has 5 heteroatoms. The number of halogens is 3. The third-order valence-corrected chi connectivity index (χ3v) is 1.93. The summed E-state index contributed by atoms with van der Waals surface area (Å²) in [7, 11) is 0. The Balaban J connectivity index is 3.90. The molecule has 0 amide bonds. The molecule has 0 aromatic rings. The molecule has 0 aromatic carbocycles. The monoisotopic (exact) mass is 212 g/mol. The van der Waals surface area contributed by atoms with Gasteiger partial charge in [-0.25, -0.2) is 0 Å². The van der Waals surface area contributed by atoms with Gasteiger partial charge in [0.2, 0.25) is 0 Å². The van der Waals surface area contributed by atoms with E-state index >= 15 is 0 Å². The van der Waals surface area contributed by atoms with E-state index < -0.39 is 12.7 Å². The fourth-order valence-electron chi connectivity index (χ4n) is 1.36. The molecule has 2 nitrogen and oxygen atoms in total. The van der Waals surface area contributed by atoms with Crippen LogP contribution in [0.5, 0.6) is 0 Å². The predicted molar refractivity (Wildman–Crippen MR) is 51.3 cm³/mol. The molecule has 0 fully saturated rings. The zero-order valence-corrected chi connectivity index (χ0v) is 8.99. The van der Waals surface area contributed by atoms with Gasteiger partial charge >= 0.3 is 6.18 Å². The van der Waals surface area contributed by atoms with Gasteiger partial charge in [0.25, 0.3) is 0 Å². The first-order valence-corrected chi connectivity index (χ1v) is 4.91. The molecule has 1 unspecified atom stereocenters. The lowest BCUT2D eigenvalue weighted by molar-refractivity contribution is -0.146. The maximum Gasteiger partial charge on any atom is 0.401 e. The zero-order valence-electron chi connectivity index (χ0n) is 8.99. The first-order chi connectivity index (χ1) is 6.39. The van der Waals surface area contributed by atoms with Gasteiger partial charge < -0.3 is 5.32 Å². The summed E-state index contributed by atoms with van der Waals surface area (Å²) in [5.74, 6) is 0. The highest BCUT2D eigenvalue weighted by Gasteiger charge is 2.30. The van der Waals surface area contributed by atoms with E-state index in [0.29, 0.717) is 13.1 Å². The highest BCUT2D eigenvalue weighted by Crippen LogP contribution is 2.16. The molecule has 0 aromatic heterocycles. The van der Waals surface area contributed by atoms with Crippen LogP contribution in [0.25, 0.3) is 0 Å². The lowest BCUT2D eigenvalue weighted by Gasteiger charge is -2.25. The third kappa shape index (κ3) is 7.15. The van der Waals surface area contributed by atoms with Crippen molar-refractivity contribution in [2.45, 2.75) is 33.0 Å². The molecule has 0 saturated carbocycles. The van der Waals surface area contributed by atoms with Gasteiger partial charge in [-0.15, -0.1) is 0 Å². The van der Waals surface area contributed by atoms with Crippen LogP contribution in [0.1, 0.15) is 20.8 Å². The molecule has 14 heavy (non-hydrogen) atoms. The maximum absolute atomic E-state index is 12.1. The lowest BCUT2D eigenvalue weighted by Crippen LogP contribution is -2.43. The molecule has 0 aliphatic heterocycles. The standard InChI is InChI=1S/C9H19F3N2/c1-4-13-8(3)6-14(5-2)7-9(10,11)12/h8,13H,4-7H2,1-3H3. The number of nitrogens with one attached hydrogen (secondary N) is 1. The number of rotatable bonds is 6. The molecule has 0 rings (SSSR count). The van der Waals surface area contributed by atoms with Crippen LogP contribution in [-0.4, -0.2) is 43.3 Å². The Bertz CT molecular complexity index is 147. The van der Waals surface area contributed by atoms with Crippen molar-refractivity contribution in [1.82, 2.24) is 10.2 Å². The number of hydrogen-bond acceptors (Lipinski definition) is 2. The van der Waals surface area contributed by atoms with Crippen LogP contribution in [0, 0.1) is 0 Å². The van der Waals surface area contributed by atoms with E-state index in [1.165, 1.54) is 4.90 Å². The second-order valence-electron chi connectivity index (χ2n) is 3.40. The Kier molecular flexibility index (Phi) is 6.11. The van der Waals surface area contributed by atoms with Crippen LogP contribution in [-0.2, 0) is 0 Å². The summed E-state index contributed by atoms with van der Waals surface area (Å²) in [6.45, 7) is 6.40. The van der Waals surface area contributed by atoms with E-state index in [-0.39, 0.29) is 6.04 Å². The SMILES string of the molecule is CCNC(C)CN(CC)CC(F)(F)F. The van der Waals surface area contributed by atoms with E-state index in [2.05, 4.69) is 5.32 Å². The summed E-state index contributed by atoms with van der Waals surface area (Å²) >= 11 is 0. The maximum atomic E-state index is 12.1. The first kappa shape index (κ1) is 13.7. The minimum atomic E-state index is -4.10. The van der Waals surface area contributed by atoms with E-state index in [1.807, 2.05) is 13.8 Å². The first-order valence-electron chi connectivity index (χ1n) is 4.91. The molecular weight excluding hydrogens is 193 g/mol. The topological polar surface area (TPSA) is 15.3 Å². The fraction of sp³-hybridized carbons (Fsp3) is 1.00. The number of nitrogens with zero attached hydrogens (tertiary/aromatic N) is 1. The average Bonchev–Trinajstić information content (AvgIpc) is 2.01. The highest BCUT2D eigenvalue weighted by atomic mass is 19.4. The number of alkyl halides is 3. The van der Waals surface area contributed by atoms with Crippen molar-refractivity contribution in [1.29, 1.82) is 0 Å². The minimum absolute atomic E-state index is 0.0994. The van der Waals surface area contributed by atoms with Crippen LogP contribution in [0.2, 0.25) is 0 Å². The number of likely N-dealkylation sites (N-methyl/N-ethyl adjacent to an activating group) is 2. The highest BCUT2D eigenvalue weighted by molar-refractivity contribution is 4.68. The van der Waals surface area contributed by atoms with Gasteiger partial charge in [0.15, 0.2) is 0 Å². The van der Waals surface area contributed by atoms with Crippen molar-refractivity contribution < 1.29 is 13.2 Å². The van der Waals surface area contributed by atoms with Crippen LogP contribution in [0.15, 0.2) is 0 Å². The van der Waals surface area contributed by atoms with Gasteiger partial charge in [-0.3, -0.25) is 4.90 Å². The average molecular weight is 212 g/mol. The van der Waals surface area contributed by atoms with Gasteiger partial charge in [0, 0.05) is 12.6 Å². The largest absolute Gasteiger partial charge is 0.401 e. The van der Waals surface area contributed by atoms with Gasteiger partial charge in [0.05, 0.1) is 6.54 Å². The molecule has 0 radical (unpaired) electrons. The summed E-state index contributed by atoms with van der Waals surface area (Å²) in [5.41, 5.74) is 0. The Morgan fingerprint density at radius 3 is 2.21 bits per heavy atom. The Hall–Kier alpha value is -0.290. The summed E-state index contributed by atoms with van der Waals surface area (Å²) in [6, 6.07) is 0.0994. The van der Waals surface area contributed by atoms with Crippen molar-refractivity contribution in [3.05, 3.63) is 0 Å². The molecular formula is C9H19F3N2. The normalized spacial score (nSPS) is 14.8. The molecule has 1 atom stereocenters. The molecule has 0 heterocycles. The van der Waals surface area contributed by atoms with Crippen molar-refractivity contribution in [2.75, 3.05) is 26.2 Å². The quantitative estimate of drug-likeness (QED) is 0.723. The second-order valence-corrected chi connectivity index (χ2v) is 3.40.